The largest absolute Gasteiger partial charge is 0.383 e. The fraction of sp³-hybridized carbons (Fsp3) is 0.0769. The molecule has 0 fully saturated rings. The molecule has 6 heteroatoms. The summed E-state index contributed by atoms with van der Waals surface area (Å²) >= 11 is 3.35. The van der Waals surface area contributed by atoms with Crippen molar-refractivity contribution in [3.05, 3.63) is 51.9 Å². The van der Waals surface area contributed by atoms with Crippen LogP contribution in [0.5, 0.6) is 0 Å². The minimum Gasteiger partial charge on any atom is -0.383 e. The zero-order valence-electron chi connectivity index (χ0n) is 10.1. The lowest BCUT2D eigenvalue weighted by molar-refractivity contribution is 0.102. The number of aryl methyl sites for hydroxylation is 1. The minimum atomic E-state index is -0.609. The van der Waals surface area contributed by atoms with E-state index in [2.05, 4.69) is 26.2 Å². The van der Waals surface area contributed by atoms with Gasteiger partial charge < -0.3 is 11.1 Å². The van der Waals surface area contributed by atoms with E-state index in [1.165, 1.54) is 0 Å². The third kappa shape index (κ3) is 3.08. The molecule has 1 aromatic heterocycles. The molecule has 2 rings (SSSR count). The van der Waals surface area contributed by atoms with Crippen molar-refractivity contribution in [2.75, 3.05) is 11.1 Å². The smallest absolute Gasteiger partial charge is 0.259 e. The molecule has 0 atom stereocenters. The van der Waals surface area contributed by atoms with Gasteiger partial charge in [0.15, 0.2) is 0 Å². The van der Waals surface area contributed by atoms with Crippen molar-refractivity contribution in [2.24, 2.45) is 0 Å². The highest BCUT2D eigenvalue weighted by molar-refractivity contribution is 9.10. The number of carbonyl (C=O) groups excluding carboxylic acids is 1. The number of hydrogen-bond acceptors (Lipinski definition) is 3. The van der Waals surface area contributed by atoms with Gasteiger partial charge in [0.2, 0.25) is 0 Å². The number of nitrogens with one attached hydrogen (secondary N) is 1. The van der Waals surface area contributed by atoms with Gasteiger partial charge in [0.05, 0.1) is 17.4 Å². The van der Waals surface area contributed by atoms with E-state index in [1.807, 2.05) is 19.1 Å². The van der Waals surface area contributed by atoms with Crippen molar-refractivity contribution in [1.82, 2.24) is 4.98 Å². The Morgan fingerprint density at radius 3 is 2.84 bits per heavy atom. The summed E-state index contributed by atoms with van der Waals surface area (Å²) in [4.78, 5) is 15.6. The number of nitrogen functional groups attached to an aromatic ring is 1. The molecule has 2 aromatic rings. The zero-order chi connectivity index (χ0) is 14.0. The molecular formula is C13H11BrFN3O. The van der Waals surface area contributed by atoms with E-state index in [9.17, 15) is 9.18 Å². The van der Waals surface area contributed by atoms with Gasteiger partial charge in [-0.2, -0.15) is 0 Å². The molecule has 0 aliphatic heterocycles. The molecule has 0 unspecified atom stereocenters. The van der Waals surface area contributed by atoms with E-state index >= 15 is 0 Å². The molecule has 0 radical (unpaired) electrons. The van der Waals surface area contributed by atoms with Crippen molar-refractivity contribution in [1.29, 1.82) is 0 Å². The molecule has 19 heavy (non-hydrogen) atoms. The number of benzene rings is 1. The van der Waals surface area contributed by atoms with Crippen molar-refractivity contribution < 1.29 is 9.18 Å². The van der Waals surface area contributed by atoms with Gasteiger partial charge >= 0.3 is 0 Å². The van der Waals surface area contributed by atoms with Crippen LogP contribution in [0.2, 0.25) is 0 Å². The Labute approximate surface area is 118 Å². The number of nitrogens with zero attached hydrogens (tertiary/aromatic N) is 1. The summed E-state index contributed by atoms with van der Waals surface area (Å²) < 4.78 is 13.8. The van der Waals surface area contributed by atoms with E-state index in [-0.39, 0.29) is 11.4 Å². The van der Waals surface area contributed by atoms with Crippen LogP contribution in [-0.2, 0) is 0 Å². The second kappa shape index (κ2) is 5.36. The minimum absolute atomic E-state index is 0.00692. The van der Waals surface area contributed by atoms with Crippen LogP contribution in [-0.4, -0.2) is 10.9 Å². The first-order valence-corrected chi connectivity index (χ1v) is 6.25. The summed E-state index contributed by atoms with van der Waals surface area (Å²) in [5.41, 5.74) is 7.20. The van der Waals surface area contributed by atoms with Gasteiger partial charge in [0, 0.05) is 4.47 Å². The molecule has 0 saturated carbocycles. The van der Waals surface area contributed by atoms with E-state index in [4.69, 9.17) is 5.73 Å². The van der Waals surface area contributed by atoms with Gasteiger partial charge in [-0.15, -0.1) is 0 Å². The number of amides is 1. The lowest BCUT2D eigenvalue weighted by Crippen LogP contribution is -2.15. The fourth-order valence-electron chi connectivity index (χ4n) is 1.54. The Hall–Kier alpha value is -1.95. The highest BCUT2D eigenvalue weighted by atomic mass is 79.9. The van der Waals surface area contributed by atoms with Crippen LogP contribution in [0, 0.1) is 12.7 Å². The second-order valence-corrected chi connectivity index (χ2v) is 4.88. The van der Waals surface area contributed by atoms with Crippen molar-refractivity contribution in [3.63, 3.8) is 0 Å². The quantitative estimate of drug-likeness (QED) is 0.892. The molecule has 0 aliphatic carbocycles. The standard InChI is InChI=1S/C13H11BrFN3O/c1-7-2-3-11(10(14)4-7)18-13(19)9-5-8(15)6-17-12(9)16/h2-6H,1H3,(H2,16,17)(H,18,19). The van der Waals surface area contributed by atoms with Crippen LogP contribution < -0.4 is 11.1 Å². The molecule has 4 nitrogen and oxygen atoms in total. The first kappa shape index (κ1) is 13.5. The predicted molar refractivity (Wildman–Crippen MR) is 75.4 cm³/mol. The number of hydrogen-bond donors (Lipinski definition) is 2. The van der Waals surface area contributed by atoms with Gasteiger partial charge in [-0.3, -0.25) is 4.79 Å². The first-order chi connectivity index (χ1) is 8.97. The maximum Gasteiger partial charge on any atom is 0.259 e. The van der Waals surface area contributed by atoms with E-state index in [0.29, 0.717) is 5.69 Å². The number of anilines is 2. The van der Waals surface area contributed by atoms with Gasteiger partial charge in [0.25, 0.3) is 5.91 Å². The molecule has 0 aliphatic rings. The lowest BCUT2D eigenvalue weighted by atomic mass is 10.2. The topological polar surface area (TPSA) is 68.0 Å². The Morgan fingerprint density at radius 2 is 2.16 bits per heavy atom. The van der Waals surface area contributed by atoms with Crippen LogP contribution in [0.3, 0.4) is 0 Å². The summed E-state index contributed by atoms with van der Waals surface area (Å²) in [5.74, 6) is -1.13. The molecule has 3 N–H and O–H groups in total. The number of pyridine rings is 1. The second-order valence-electron chi connectivity index (χ2n) is 4.02. The summed E-state index contributed by atoms with van der Waals surface area (Å²) in [6.45, 7) is 1.94. The normalized spacial score (nSPS) is 10.3. The third-order valence-corrected chi connectivity index (χ3v) is 3.16. The third-order valence-electron chi connectivity index (χ3n) is 2.50. The molecule has 98 valence electrons. The van der Waals surface area contributed by atoms with Crippen molar-refractivity contribution >= 4 is 33.3 Å². The maximum absolute atomic E-state index is 13.1. The van der Waals surface area contributed by atoms with Crippen molar-refractivity contribution in [2.45, 2.75) is 6.92 Å². The summed E-state index contributed by atoms with van der Waals surface area (Å²) in [6.07, 6.45) is 0.966. The van der Waals surface area contributed by atoms with Crippen LogP contribution in [0.25, 0.3) is 0 Å². The van der Waals surface area contributed by atoms with Gasteiger partial charge in [-0.1, -0.05) is 6.07 Å². The highest BCUT2D eigenvalue weighted by Gasteiger charge is 2.13. The first-order valence-electron chi connectivity index (χ1n) is 5.46. The molecule has 0 spiro atoms. The molecule has 0 bridgehead atoms. The van der Waals surface area contributed by atoms with Crippen LogP contribution in [0.4, 0.5) is 15.9 Å². The molecule has 1 aromatic carbocycles. The number of carbonyl (C=O) groups is 1. The van der Waals surface area contributed by atoms with E-state index in [0.717, 1.165) is 22.3 Å². The van der Waals surface area contributed by atoms with Crippen LogP contribution in [0.1, 0.15) is 15.9 Å². The Kier molecular flexibility index (Phi) is 3.80. The Bertz CT molecular complexity index is 646. The average molecular weight is 324 g/mol. The molecule has 1 amide bonds. The van der Waals surface area contributed by atoms with E-state index < -0.39 is 11.7 Å². The van der Waals surface area contributed by atoms with Crippen LogP contribution in [0.15, 0.2) is 34.9 Å². The molecular weight excluding hydrogens is 313 g/mol. The van der Waals surface area contributed by atoms with Gasteiger partial charge in [-0.25, -0.2) is 9.37 Å². The van der Waals surface area contributed by atoms with Crippen molar-refractivity contribution in [3.8, 4) is 0 Å². The fourth-order valence-corrected chi connectivity index (χ4v) is 2.14. The Balaban J connectivity index is 2.28. The summed E-state index contributed by atoms with van der Waals surface area (Å²) in [6, 6.07) is 6.52. The SMILES string of the molecule is Cc1ccc(NC(=O)c2cc(F)cnc2N)c(Br)c1. The Morgan fingerprint density at radius 1 is 1.42 bits per heavy atom. The predicted octanol–water partition coefficient (Wildman–Crippen LogP) is 3.13. The molecule has 1 heterocycles. The molecule has 0 saturated heterocycles. The number of aromatic nitrogens is 1. The number of nitrogens with two attached hydrogens (primary N) is 1. The van der Waals surface area contributed by atoms with Gasteiger partial charge in [-0.05, 0) is 46.6 Å². The van der Waals surface area contributed by atoms with Gasteiger partial charge in [0.1, 0.15) is 11.6 Å². The average Bonchev–Trinajstić information content (AvgIpc) is 2.35. The number of rotatable bonds is 2. The van der Waals surface area contributed by atoms with Crippen LogP contribution >= 0.6 is 15.9 Å². The van der Waals surface area contributed by atoms with E-state index in [1.54, 1.807) is 6.07 Å². The highest BCUT2D eigenvalue weighted by Crippen LogP contribution is 2.24. The monoisotopic (exact) mass is 323 g/mol. The summed E-state index contributed by atoms with van der Waals surface area (Å²) in [5, 5.41) is 2.65. The number of halogens is 2. The maximum atomic E-state index is 13.1. The lowest BCUT2D eigenvalue weighted by Gasteiger charge is -2.09. The summed E-state index contributed by atoms with van der Waals surface area (Å²) in [7, 11) is 0. The zero-order valence-corrected chi connectivity index (χ0v) is 11.7.